The molecule has 0 spiro atoms. The molecule has 1 N–H and O–H groups in total. The van der Waals surface area contributed by atoms with Crippen molar-refractivity contribution in [2.45, 2.75) is 72.5 Å². The van der Waals surface area contributed by atoms with Gasteiger partial charge in [-0.25, -0.2) is 0 Å². The molecule has 1 rings (SSSR count). The molecule has 20 heavy (non-hydrogen) atoms. The van der Waals surface area contributed by atoms with E-state index in [0.717, 1.165) is 31.5 Å². The molecule has 4 heteroatoms. The molecule has 0 aliphatic carbocycles. The molecule has 1 unspecified atom stereocenters. The van der Waals surface area contributed by atoms with Crippen LogP contribution in [0.1, 0.15) is 65.6 Å². The molecule has 1 aromatic rings. The Hall–Kier alpha value is -0.540. The Labute approximate surface area is 129 Å². The summed E-state index contributed by atoms with van der Waals surface area (Å²) in [7, 11) is 0. The van der Waals surface area contributed by atoms with E-state index in [0.29, 0.717) is 18.0 Å². The second kappa shape index (κ2) is 8.04. The molecular formula is C16H30ClN3. The number of aromatic nitrogens is 2. The molecule has 0 bridgehead atoms. The van der Waals surface area contributed by atoms with Crippen LogP contribution in [0, 0.1) is 5.41 Å². The van der Waals surface area contributed by atoms with Crippen LogP contribution in [0.3, 0.4) is 0 Å². The zero-order chi connectivity index (χ0) is 15.2. The monoisotopic (exact) mass is 299 g/mol. The summed E-state index contributed by atoms with van der Waals surface area (Å²) in [6.45, 7) is 12.0. The average molecular weight is 300 g/mol. The van der Waals surface area contributed by atoms with Crippen LogP contribution in [0.15, 0.2) is 12.3 Å². The first kappa shape index (κ1) is 17.5. The second-order valence-corrected chi connectivity index (χ2v) is 6.91. The average Bonchev–Trinajstić information content (AvgIpc) is 2.83. The molecule has 1 heterocycles. The highest BCUT2D eigenvalue weighted by molar-refractivity contribution is 6.17. The maximum Gasteiger partial charge on any atom is 0.0762 e. The van der Waals surface area contributed by atoms with E-state index in [-0.39, 0.29) is 5.41 Å². The summed E-state index contributed by atoms with van der Waals surface area (Å²) < 4.78 is 2.10. The minimum atomic E-state index is 0.215. The van der Waals surface area contributed by atoms with Gasteiger partial charge in [-0.1, -0.05) is 34.6 Å². The summed E-state index contributed by atoms with van der Waals surface area (Å²) in [5.74, 6) is 0.692. The molecule has 0 fully saturated rings. The van der Waals surface area contributed by atoms with Crippen molar-refractivity contribution in [3.63, 3.8) is 0 Å². The van der Waals surface area contributed by atoms with Crippen LogP contribution in [0.25, 0.3) is 0 Å². The van der Waals surface area contributed by atoms with Gasteiger partial charge in [-0.05, 0) is 30.7 Å². The molecular weight excluding hydrogens is 270 g/mol. The first-order chi connectivity index (χ1) is 9.42. The Kier molecular flexibility index (Phi) is 7.04. The lowest BCUT2D eigenvalue weighted by atomic mass is 9.85. The normalized spacial score (nSPS) is 13.9. The predicted octanol–water partition coefficient (Wildman–Crippen LogP) is 4.38. The molecule has 0 aliphatic heterocycles. The third kappa shape index (κ3) is 5.10. The Balaban J connectivity index is 2.60. The minimum absolute atomic E-state index is 0.215. The van der Waals surface area contributed by atoms with Gasteiger partial charge in [0.05, 0.1) is 11.7 Å². The van der Waals surface area contributed by atoms with Crippen molar-refractivity contribution in [1.29, 1.82) is 0 Å². The minimum Gasteiger partial charge on any atom is -0.308 e. The summed E-state index contributed by atoms with van der Waals surface area (Å²) in [6.07, 6.45) is 5.34. The Morgan fingerprint density at radius 3 is 2.45 bits per heavy atom. The highest BCUT2D eigenvalue weighted by Crippen LogP contribution is 2.22. The van der Waals surface area contributed by atoms with E-state index in [1.807, 2.05) is 0 Å². The number of hydrogen-bond donors (Lipinski definition) is 1. The van der Waals surface area contributed by atoms with Crippen LogP contribution in [0.4, 0.5) is 0 Å². The molecule has 3 nitrogen and oxygen atoms in total. The van der Waals surface area contributed by atoms with Gasteiger partial charge in [-0.2, -0.15) is 5.10 Å². The van der Waals surface area contributed by atoms with Crippen LogP contribution in [0.2, 0.25) is 0 Å². The van der Waals surface area contributed by atoms with Gasteiger partial charge in [-0.15, -0.1) is 11.6 Å². The Morgan fingerprint density at radius 1 is 1.30 bits per heavy atom. The summed E-state index contributed by atoms with van der Waals surface area (Å²) in [6, 6.07) is 3.05. The van der Waals surface area contributed by atoms with E-state index >= 15 is 0 Å². The van der Waals surface area contributed by atoms with Gasteiger partial charge in [0.2, 0.25) is 0 Å². The quantitative estimate of drug-likeness (QED) is 0.722. The number of alkyl halides is 1. The highest BCUT2D eigenvalue weighted by Gasteiger charge is 2.23. The molecule has 1 aromatic heterocycles. The molecule has 1 atom stereocenters. The lowest BCUT2D eigenvalue weighted by molar-refractivity contribution is 0.259. The molecule has 0 radical (unpaired) electrons. The summed E-state index contributed by atoms with van der Waals surface area (Å²) in [5, 5.41) is 8.29. The number of nitrogens with zero attached hydrogens (tertiary/aromatic N) is 2. The van der Waals surface area contributed by atoms with Crippen molar-refractivity contribution in [2.75, 3.05) is 5.88 Å². The lowest BCUT2D eigenvalue weighted by Gasteiger charge is -2.31. The van der Waals surface area contributed by atoms with E-state index in [4.69, 9.17) is 11.6 Å². The van der Waals surface area contributed by atoms with E-state index in [2.05, 4.69) is 62.0 Å². The SMILES string of the molecule is CCC(CC)n1ccc(CNC(CCCl)C(C)(C)C)n1. The Morgan fingerprint density at radius 2 is 1.95 bits per heavy atom. The largest absolute Gasteiger partial charge is 0.308 e. The molecule has 0 saturated heterocycles. The molecule has 0 amide bonds. The van der Waals surface area contributed by atoms with Gasteiger partial charge >= 0.3 is 0 Å². The standard InChI is InChI=1S/C16H30ClN3/c1-6-14(7-2)20-11-9-13(19-20)12-18-15(8-10-17)16(3,4)5/h9,11,14-15,18H,6-8,10,12H2,1-5H3. The van der Waals surface area contributed by atoms with Crippen LogP contribution >= 0.6 is 11.6 Å². The van der Waals surface area contributed by atoms with Crippen LogP contribution in [-0.4, -0.2) is 21.7 Å². The maximum absolute atomic E-state index is 5.91. The molecule has 0 aliphatic rings. The van der Waals surface area contributed by atoms with Crippen LogP contribution in [0.5, 0.6) is 0 Å². The van der Waals surface area contributed by atoms with Crippen molar-refractivity contribution in [1.82, 2.24) is 15.1 Å². The number of rotatable bonds is 8. The maximum atomic E-state index is 5.91. The number of nitrogens with one attached hydrogen (secondary N) is 1. The first-order valence-electron chi connectivity index (χ1n) is 7.75. The van der Waals surface area contributed by atoms with Crippen molar-refractivity contribution in [2.24, 2.45) is 5.41 Å². The molecule has 116 valence electrons. The van der Waals surface area contributed by atoms with E-state index in [1.54, 1.807) is 0 Å². The topological polar surface area (TPSA) is 29.9 Å². The zero-order valence-electron chi connectivity index (χ0n) is 13.6. The van der Waals surface area contributed by atoms with Crippen molar-refractivity contribution < 1.29 is 0 Å². The Bertz CT molecular complexity index is 377. The van der Waals surface area contributed by atoms with Crippen LogP contribution < -0.4 is 5.32 Å². The fourth-order valence-corrected chi connectivity index (χ4v) is 2.73. The van der Waals surface area contributed by atoms with E-state index < -0.39 is 0 Å². The third-order valence-corrected chi connectivity index (χ3v) is 4.17. The molecule has 0 saturated carbocycles. The summed E-state index contributed by atoms with van der Waals surface area (Å²) >= 11 is 5.91. The zero-order valence-corrected chi connectivity index (χ0v) is 14.4. The predicted molar refractivity (Wildman–Crippen MR) is 87.3 cm³/mol. The van der Waals surface area contributed by atoms with Gasteiger partial charge in [-0.3, -0.25) is 4.68 Å². The second-order valence-electron chi connectivity index (χ2n) is 6.53. The summed E-state index contributed by atoms with van der Waals surface area (Å²) in [4.78, 5) is 0. The van der Waals surface area contributed by atoms with Gasteiger partial charge in [0.25, 0.3) is 0 Å². The van der Waals surface area contributed by atoms with Gasteiger partial charge in [0, 0.05) is 24.7 Å². The fraction of sp³-hybridized carbons (Fsp3) is 0.812. The van der Waals surface area contributed by atoms with Crippen LogP contribution in [-0.2, 0) is 6.54 Å². The van der Waals surface area contributed by atoms with Gasteiger partial charge in [0.1, 0.15) is 0 Å². The van der Waals surface area contributed by atoms with E-state index in [9.17, 15) is 0 Å². The smallest absolute Gasteiger partial charge is 0.0762 e. The van der Waals surface area contributed by atoms with Crippen molar-refractivity contribution in [3.05, 3.63) is 18.0 Å². The van der Waals surface area contributed by atoms with Crippen molar-refractivity contribution in [3.8, 4) is 0 Å². The molecule has 0 aromatic carbocycles. The highest BCUT2D eigenvalue weighted by atomic mass is 35.5. The van der Waals surface area contributed by atoms with Gasteiger partial charge in [0.15, 0.2) is 0 Å². The first-order valence-corrected chi connectivity index (χ1v) is 8.29. The van der Waals surface area contributed by atoms with E-state index in [1.165, 1.54) is 0 Å². The fourth-order valence-electron chi connectivity index (χ4n) is 2.52. The summed E-state index contributed by atoms with van der Waals surface area (Å²) in [5.41, 5.74) is 1.33. The van der Waals surface area contributed by atoms with Crippen molar-refractivity contribution >= 4 is 11.6 Å². The van der Waals surface area contributed by atoms with Gasteiger partial charge < -0.3 is 5.32 Å². The number of hydrogen-bond acceptors (Lipinski definition) is 2. The third-order valence-electron chi connectivity index (χ3n) is 3.95. The number of halogens is 1. The lowest BCUT2D eigenvalue weighted by Crippen LogP contribution is -2.40.